The number of benzene rings is 1. The minimum Gasteiger partial charge on any atom is -0.543 e. The molecule has 2 aromatic rings. The number of hydrogen-bond donors (Lipinski definition) is 0. The maximum absolute atomic E-state index is 12.4. The number of hydrogen-bond acceptors (Lipinski definition) is 3. The normalized spacial score (nSPS) is 13.0. The zero-order chi connectivity index (χ0) is 20.6. The molecule has 0 aliphatic heterocycles. The van der Waals surface area contributed by atoms with E-state index < -0.39 is 13.9 Å². The van der Waals surface area contributed by atoms with Crippen molar-refractivity contribution in [2.24, 2.45) is 0 Å². The monoisotopic (exact) mass is 389 g/mol. The minimum absolute atomic E-state index is 0.360. The van der Waals surface area contributed by atoms with Crippen LogP contribution >= 0.6 is 0 Å². The van der Waals surface area contributed by atoms with Crippen molar-refractivity contribution in [3.63, 3.8) is 0 Å². The van der Waals surface area contributed by atoms with E-state index in [9.17, 15) is 4.79 Å². The van der Waals surface area contributed by atoms with Crippen LogP contribution in [0.5, 0.6) is 5.75 Å². The summed E-state index contributed by atoms with van der Waals surface area (Å²) in [4.78, 5) is 12.4. The highest BCUT2D eigenvalue weighted by molar-refractivity contribution is 6.78. The van der Waals surface area contributed by atoms with Crippen molar-refractivity contribution in [2.75, 3.05) is 0 Å². The molecule has 0 unspecified atom stereocenters. The van der Waals surface area contributed by atoms with Gasteiger partial charge in [0, 0.05) is 11.6 Å². The number of nitrogens with zero attached hydrogens (tertiary/aromatic N) is 1. The lowest BCUT2D eigenvalue weighted by atomic mass is 10.2. The van der Waals surface area contributed by atoms with E-state index in [4.69, 9.17) is 9.16 Å². The van der Waals surface area contributed by atoms with Crippen LogP contribution in [0.4, 0.5) is 4.79 Å². The topological polar surface area (TPSA) is 40.5 Å². The molecule has 0 atom stereocenters. The molecular formula is C22H35NO3Si. The highest BCUT2D eigenvalue weighted by Gasteiger charge is 2.47. The molecule has 0 amide bonds. The third-order valence-electron chi connectivity index (χ3n) is 5.25. The molecule has 0 N–H and O–H groups in total. The summed E-state index contributed by atoms with van der Waals surface area (Å²) in [6, 6.07) is 7.92. The van der Waals surface area contributed by atoms with Gasteiger partial charge < -0.3 is 9.16 Å². The van der Waals surface area contributed by atoms with Gasteiger partial charge in [0.2, 0.25) is 0 Å². The molecule has 0 radical (unpaired) electrons. The van der Waals surface area contributed by atoms with Crippen molar-refractivity contribution in [3.05, 3.63) is 30.5 Å². The lowest BCUT2D eigenvalue weighted by molar-refractivity contribution is 0.0544. The zero-order valence-corrected chi connectivity index (χ0v) is 19.3. The van der Waals surface area contributed by atoms with Gasteiger partial charge in [0.25, 0.3) is 8.32 Å². The van der Waals surface area contributed by atoms with Gasteiger partial charge in [0.1, 0.15) is 11.4 Å². The van der Waals surface area contributed by atoms with Crippen LogP contribution in [0.3, 0.4) is 0 Å². The summed E-state index contributed by atoms with van der Waals surface area (Å²) in [7, 11) is -2.00. The van der Waals surface area contributed by atoms with Crippen LogP contribution in [0.25, 0.3) is 10.9 Å². The number of aromatic nitrogens is 1. The highest BCUT2D eigenvalue weighted by atomic mass is 28.4. The van der Waals surface area contributed by atoms with Crippen LogP contribution in [0, 0.1) is 0 Å². The van der Waals surface area contributed by atoms with Crippen LogP contribution in [-0.4, -0.2) is 24.6 Å². The molecule has 0 aliphatic carbocycles. The molecule has 0 fully saturated rings. The number of rotatable bonds is 5. The van der Waals surface area contributed by atoms with Gasteiger partial charge in [-0.1, -0.05) is 41.5 Å². The maximum atomic E-state index is 12.4. The van der Waals surface area contributed by atoms with E-state index in [0.717, 1.165) is 16.7 Å². The van der Waals surface area contributed by atoms with Crippen molar-refractivity contribution in [3.8, 4) is 5.75 Å². The summed E-state index contributed by atoms with van der Waals surface area (Å²) >= 11 is 0. The second-order valence-electron chi connectivity index (χ2n) is 9.31. The summed E-state index contributed by atoms with van der Waals surface area (Å²) in [5.74, 6) is 0.896. The van der Waals surface area contributed by atoms with Crippen LogP contribution in [0.15, 0.2) is 30.5 Å². The Morgan fingerprint density at radius 1 is 0.963 bits per heavy atom. The Morgan fingerprint density at radius 3 is 2.00 bits per heavy atom. The van der Waals surface area contributed by atoms with E-state index in [-0.39, 0.29) is 6.09 Å². The summed E-state index contributed by atoms with van der Waals surface area (Å²) in [6.07, 6.45) is 1.40. The lowest BCUT2D eigenvalue weighted by Crippen LogP contribution is -2.50. The minimum atomic E-state index is -2.00. The highest BCUT2D eigenvalue weighted by Crippen LogP contribution is 2.43. The summed E-state index contributed by atoms with van der Waals surface area (Å²) in [6.45, 7) is 19.3. The van der Waals surface area contributed by atoms with Crippen LogP contribution in [-0.2, 0) is 4.74 Å². The first-order valence-corrected chi connectivity index (χ1v) is 12.1. The van der Waals surface area contributed by atoms with Gasteiger partial charge in [0.05, 0.1) is 5.52 Å². The van der Waals surface area contributed by atoms with Crippen molar-refractivity contribution in [1.82, 2.24) is 4.57 Å². The molecule has 0 aliphatic rings. The molecule has 150 valence electrons. The quantitative estimate of drug-likeness (QED) is 0.518. The molecule has 1 aromatic heterocycles. The van der Waals surface area contributed by atoms with Gasteiger partial charge in [-0.2, -0.15) is 0 Å². The summed E-state index contributed by atoms with van der Waals surface area (Å²) in [5.41, 5.74) is 1.86. The van der Waals surface area contributed by atoms with Crippen molar-refractivity contribution in [1.29, 1.82) is 0 Å². The molecule has 0 saturated heterocycles. The van der Waals surface area contributed by atoms with Crippen LogP contribution in [0.2, 0.25) is 16.6 Å². The smallest absolute Gasteiger partial charge is 0.418 e. The molecule has 4 nitrogen and oxygen atoms in total. The molecule has 27 heavy (non-hydrogen) atoms. The fourth-order valence-corrected chi connectivity index (χ4v) is 9.45. The van der Waals surface area contributed by atoms with E-state index in [2.05, 4.69) is 41.5 Å². The molecule has 1 aromatic carbocycles. The second-order valence-corrected chi connectivity index (χ2v) is 14.7. The second kappa shape index (κ2) is 7.70. The maximum Gasteiger partial charge on any atom is 0.418 e. The third kappa shape index (κ3) is 4.40. The first-order valence-electron chi connectivity index (χ1n) is 9.92. The molecule has 0 saturated carbocycles. The van der Waals surface area contributed by atoms with E-state index in [1.54, 1.807) is 10.8 Å². The SMILES string of the molecule is CC(C)[Si](Oc1ccc2c(ccn2C(=O)OC(C)(C)C)c1)(C(C)C)C(C)C. The Bertz CT molecular complexity index is 778. The van der Waals surface area contributed by atoms with Gasteiger partial charge in [0.15, 0.2) is 0 Å². The summed E-state index contributed by atoms with van der Waals surface area (Å²) in [5, 5.41) is 0.984. The largest absolute Gasteiger partial charge is 0.543 e. The number of carbonyl (C=O) groups is 1. The standard InChI is InChI=1S/C22H35NO3Si/c1-15(2)27(16(3)4,17(5)6)26-19-10-11-20-18(14-19)12-13-23(20)21(24)25-22(7,8)9/h10-17H,1-9H3. The Kier molecular flexibility index (Phi) is 6.15. The molecular weight excluding hydrogens is 354 g/mol. The zero-order valence-electron chi connectivity index (χ0n) is 18.3. The van der Waals surface area contributed by atoms with Gasteiger partial charge in [-0.25, -0.2) is 4.79 Å². The Balaban J connectivity index is 2.39. The molecule has 5 heteroatoms. The van der Waals surface area contributed by atoms with E-state index in [1.165, 1.54) is 0 Å². The molecule has 1 heterocycles. The average molecular weight is 390 g/mol. The number of fused-ring (bicyclic) bond motifs is 1. The lowest BCUT2D eigenvalue weighted by Gasteiger charge is -2.42. The Hall–Kier alpha value is -1.75. The van der Waals surface area contributed by atoms with Crippen molar-refractivity contribution in [2.45, 2.75) is 84.5 Å². The number of carbonyl (C=O) groups excluding carboxylic acids is 1. The summed E-state index contributed by atoms with van der Waals surface area (Å²) < 4.78 is 13.8. The fourth-order valence-electron chi connectivity index (χ4n) is 4.21. The molecule has 0 spiro atoms. The Morgan fingerprint density at radius 2 is 1.52 bits per heavy atom. The van der Waals surface area contributed by atoms with E-state index in [1.807, 2.05) is 45.0 Å². The third-order valence-corrected chi connectivity index (χ3v) is 11.3. The molecule has 2 rings (SSSR count). The van der Waals surface area contributed by atoms with Crippen LogP contribution < -0.4 is 4.43 Å². The predicted octanol–water partition coefficient (Wildman–Crippen LogP) is 6.98. The van der Waals surface area contributed by atoms with Crippen molar-refractivity contribution >= 4 is 25.3 Å². The van der Waals surface area contributed by atoms with Gasteiger partial charge in [-0.3, -0.25) is 4.57 Å². The van der Waals surface area contributed by atoms with Gasteiger partial charge >= 0.3 is 6.09 Å². The fraction of sp³-hybridized carbons (Fsp3) is 0.591. The van der Waals surface area contributed by atoms with Gasteiger partial charge in [-0.15, -0.1) is 0 Å². The van der Waals surface area contributed by atoms with Crippen molar-refractivity contribution < 1.29 is 14.0 Å². The van der Waals surface area contributed by atoms with E-state index in [0.29, 0.717) is 16.6 Å². The first-order chi connectivity index (χ1) is 12.4. The molecule has 0 bridgehead atoms. The Labute approximate surface area is 165 Å². The average Bonchev–Trinajstić information content (AvgIpc) is 2.93. The number of ether oxygens (including phenoxy) is 1. The van der Waals surface area contributed by atoms with Crippen LogP contribution in [0.1, 0.15) is 62.3 Å². The van der Waals surface area contributed by atoms with E-state index >= 15 is 0 Å². The van der Waals surface area contributed by atoms with Gasteiger partial charge in [-0.05, 0) is 61.7 Å². The first kappa shape index (κ1) is 21.5. The predicted molar refractivity (Wildman–Crippen MR) is 115 cm³/mol.